The van der Waals surface area contributed by atoms with Gasteiger partial charge >= 0.3 is 11.9 Å². The second-order valence-electron chi connectivity index (χ2n) is 12.5. The Hall–Kier alpha value is -3.90. The number of hydrogen-bond donors (Lipinski definition) is 1. The molecule has 1 aromatic carbocycles. The first-order valence-corrected chi connectivity index (χ1v) is 18.9. The van der Waals surface area contributed by atoms with Crippen molar-refractivity contribution in [2.75, 3.05) is 72.1 Å². The molecule has 3 atom stereocenters. The van der Waals surface area contributed by atoms with Crippen molar-refractivity contribution in [3.05, 3.63) is 54.6 Å². The number of nitrogens with zero attached hydrogens (tertiary/aromatic N) is 4. The lowest BCUT2D eigenvalue weighted by Crippen LogP contribution is -2.48. The SMILES string of the molecule is C=C(CN1CCN(CCOC(=O)CCC(=O)OCC#CCOC(=N/OC)/C(=N/O)S(=O)(=O)c2ccccc2)CC1)[C@@H]1CC[C@H](C)[C@H](C(=C)CCl)C1. The van der Waals surface area contributed by atoms with Gasteiger partial charge < -0.3 is 24.3 Å². The van der Waals surface area contributed by atoms with E-state index in [1.807, 2.05) is 0 Å². The fraction of sp³-hybridized carbons (Fsp3) is 0.556. The average Bonchev–Trinajstić information content (AvgIpc) is 3.13. The summed E-state index contributed by atoms with van der Waals surface area (Å²) in [5, 5.41) is 14.8. The highest BCUT2D eigenvalue weighted by Gasteiger charge is 2.32. The molecule has 280 valence electrons. The van der Waals surface area contributed by atoms with Crippen LogP contribution in [0.2, 0.25) is 0 Å². The van der Waals surface area contributed by atoms with Crippen LogP contribution in [0.15, 0.2) is 69.8 Å². The molecule has 1 heterocycles. The van der Waals surface area contributed by atoms with Gasteiger partial charge in [-0.3, -0.25) is 19.4 Å². The molecule has 1 aliphatic heterocycles. The summed E-state index contributed by atoms with van der Waals surface area (Å²) in [4.78, 5) is 33.4. The van der Waals surface area contributed by atoms with E-state index in [0.29, 0.717) is 30.2 Å². The van der Waals surface area contributed by atoms with Crippen molar-refractivity contribution in [2.45, 2.75) is 43.9 Å². The van der Waals surface area contributed by atoms with Gasteiger partial charge in [-0.1, -0.05) is 66.4 Å². The summed E-state index contributed by atoms with van der Waals surface area (Å²) in [6.07, 6.45) is 3.14. The summed E-state index contributed by atoms with van der Waals surface area (Å²) in [7, 11) is -3.12. The van der Waals surface area contributed by atoms with Crippen molar-refractivity contribution in [1.29, 1.82) is 0 Å². The number of carbonyl (C=O) groups excluding carboxylic acids is 2. The maximum atomic E-state index is 12.8. The zero-order valence-electron chi connectivity index (χ0n) is 29.4. The highest BCUT2D eigenvalue weighted by Crippen LogP contribution is 2.40. The number of ether oxygens (including phenoxy) is 3. The van der Waals surface area contributed by atoms with E-state index in [1.54, 1.807) is 6.07 Å². The van der Waals surface area contributed by atoms with Crippen molar-refractivity contribution in [1.82, 2.24) is 9.80 Å². The highest BCUT2D eigenvalue weighted by molar-refractivity contribution is 8.08. The average molecular weight is 749 g/mol. The number of halogens is 1. The third-order valence-corrected chi connectivity index (χ3v) is 11.0. The molecule has 0 radical (unpaired) electrons. The van der Waals surface area contributed by atoms with E-state index in [0.717, 1.165) is 51.8 Å². The Morgan fingerprint density at radius 2 is 1.59 bits per heavy atom. The lowest BCUT2D eigenvalue weighted by Gasteiger charge is -2.39. The molecule has 51 heavy (non-hydrogen) atoms. The van der Waals surface area contributed by atoms with Gasteiger partial charge in [0.15, 0.2) is 13.2 Å². The topological polar surface area (TPSA) is 157 Å². The molecule has 1 N–H and O–H groups in total. The number of hydrogen-bond acceptors (Lipinski definition) is 13. The number of sulfone groups is 1. The Morgan fingerprint density at radius 1 is 0.961 bits per heavy atom. The first-order valence-electron chi connectivity index (χ1n) is 16.9. The standard InChI is InChI=1S/C36H49ClN4O9S/c1-27-12-13-30(24-32(27)28(2)25-37)29(3)26-41-18-16-40(17-19-41)20-23-49-34(43)15-14-33(42)48-21-8-9-22-50-35(39-47-4)36(38-44)51(45,46)31-10-6-5-7-11-31/h5-7,10-11,27,30,32,44H,2-3,12-26H2,1,4H3/b38-36-,39-35+/t27-,30+,32+/m0/s1. The van der Waals surface area contributed by atoms with Gasteiger partial charge in [-0.05, 0) is 54.3 Å². The molecule has 0 spiro atoms. The van der Waals surface area contributed by atoms with E-state index in [9.17, 15) is 23.2 Å². The van der Waals surface area contributed by atoms with E-state index in [-0.39, 0.29) is 37.6 Å². The van der Waals surface area contributed by atoms with Crippen LogP contribution >= 0.6 is 11.6 Å². The summed E-state index contributed by atoms with van der Waals surface area (Å²) in [6, 6.07) is 7.26. The van der Waals surface area contributed by atoms with Gasteiger partial charge in [-0.15, -0.1) is 11.6 Å². The molecule has 2 aliphatic rings. The predicted octanol–water partition coefficient (Wildman–Crippen LogP) is 4.12. The van der Waals surface area contributed by atoms with Crippen molar-refractivity contribution < 1.29 is 42.3 Å². The van der Waals surface area contributed by atoms with Crippen molar-refractivity contribution in [2.24, 2.45) is 28.1 Å². The number of oxime groups is 2. The Labute approximate surface area is 306 Å². The first kappa shape index (κ1) is 41.5. The number of carbonyl (C=O) groups is 2. The molecule has 15 heteroatoms. The summed E-state index contributed by atoms with van der Waals surface area (Å²) in [6.45, 7) is 15.6. The molecule has 13 nitrogen and oxygen atoms in total. The zero-order valence-corrected chi connectivity index (χ0v) is 31.0. The van der Waals surface area contributed by atoms with Gasteiger partial charge in [-0.25, -0.2) is 8.42 Å². The van der Waals surface area contributed by atoms with E-state index in [4.69, 9.17) is 25.8 Å². The third-order valence-electron chi connectivity index (χ3n) is 9.03. The second-order valence-corrected chi connectivity index (χ2v) is 14.6. The predicted molar refractivity (Wildman–Crippen MR) is 194 cm³/mol. The van der Waals surface area contributed by atoms with Crippen molar-refractivity contribution in [3.8, 4) is 11.8 Å². The molecule has 3 rings (SSSR count). The summed E-state index contributed by atoms with van der Waals surface area (Å²) < 4.78 is 41.2. The number of allylic oxidation sites excluding steroid dienone is 1. The number of rotatable bonds is 15. The molecule has 1 aliphatic carbocycles. The van der Waals surface area contributed by atoms with E-state index in [1.165, 1.54) is 42.7 Å². The molecular formula is C36H49ClN4O9S. The molecule has 0 amide bonds. The van der Waals surface area contributed by atoms with Crippen LogP contribution in [-0.2, 0) is 38.5 Å². The first-order chi connectivity index (χ1) is 24.5. The highest BCUT2D eigenvalue weighted by atomic mass is 35.5. The van der Waals surface area contributed by atoms with Crippen LogP contribution in [0.4, 0.5) is 0 Å². The van der Waals surface area contributed by atoms with Crippen LogP contribution in [0.25, 0.3) is 0 Å². The fourth-order valence-electron chi connectivity index (χ4n) is 6.04. The Kier molecular flexibility index (Phi) is 17.5. The zero-order chi connectivity index (χ0) is 37.2. The Morgan fingerprint density at radius 3 is 2.22 bits per heavy atom. The minimum absolute atomic E-state index is 0.125. The summed E-state index contributed by atoms with van der Waals surface area (Å²) in [5.41, 5.74) is 2.43. The van der Waals surface area contributed by atoms with Crippen LogP contribution in [0.3, 0.4) is 0 Å². The minimum Gasteiger partial charge on any atom is -0.464 e. The molecule has 2 fully saturated rings. The maximum absolute atomic E-state index is 12.8. The lowest BCUT2D eigenvalue weighted by atomic mass is 9.70. The van der Waals surface area contributed by atoms with Gasteiger partial charge in [0.25, 0.3) is 10.9 Å². The summed E-state index contributed by atoms with van der Waals surface area (Å²) in [5.74, 6) is 5.42. The Bertz CT molecular complexity index is 1570. The van der Waals surface area contributed by atoms with Gasteiger partial charge in [0.2, 0.25) is 9.84 Å². The van der Waals surface area contributed by atoms with Gasteiger partial charge in [0.05, 0.1) is 17.7 Å². The van der Waals surface area contributed by atoms with Gasteiger partial charge in [0, 0.05) is 45.1 Å². The molecule has 1 saturated carbocycles. The van der Waals surface area contributed by atoms with E-state index < -0.39 is 32.7 Å². The van der Waals surface area contributed by atoms with Gasteiger partial charge in [0.1, 0.15) is 13.7 Å². The smallest absolute Gasteiger partial charge is 0.307 e. The number of benzene rings is 1. The van der Waals surface area contributed by atoms with Crippen LogP contribution in [0, 0.1) is 29.6 Å². The maximum Gasteiger partial charge on any atom is 0.307 e. The van der Waals surface area contributed by atoms with Crippen LogP contribution in [-0.4, -0.2) is 118 Å². The molecule has 0 unspecified atom stereocenters. The van der Waals surface area contributed by atoms with Crippen molar-refractivity contribution in [3.63, 3.8) is 0 Å². The van der Waals surface area contributed by atoms with Crippen LogP contribution < -0.4 is 0 Å². The number of alkyl halides is 1. The molecular weight excluding hydrogens is 700 g/mol. The van der Waals surface area contributed by atoms with Gasteiger partial charge in [-0.2, -0.15) is 0 Å². The quantitative estimate of drug-likeness (QED) is 0.0403. The molecule has 0 aromatic heterocycles. The van der Waals surface area contributed by atoms with Crippen LogP contribution in [0.5, 0.6) is 0 Å². The van der Waals surface area contributed by atoms with Crippen LogP contribution in [0.1, 0.15) is 39.0 Å². The lowest BCUT2D eigenvalue weighted by molar-refractivity contribution is -0.149. The normalized spacial score (nSPS) is 20.4. The van der Waals surface area contributed by atoms with Crippen molar-refractivity contribution >= 4 is 44.3 Å². The summed E-state index contributed by atoms with van der Waals surface area (Å²) >= 11 is 6.09. The molecule has 0 bridgehead atoms. The largest absolute Gasteiger partial charge is 0.464 e. The Balaban J connectivity index is 1.27. The number of piperazine rings is 1. The fourth-order valence-corrected chi connectivity index (χ4v) is 7.41. The minimum atomic E-state index is -4.27. The van der Waals surface area contributed by atoms with E-state index >= 15 is 0 Å². The van der Waals surface area contributed by atoms with E-state index in [2.05, 4.69) is 56.9 Å². The monoisotopic (exact) mass is 748 g/mol. The number of esters is 2. The molecule has 1 saturated heterocycles. The molecule has 1 aromatic rings. The third kappa shape index (κ3) is 13.3. The second kappa shape index (κ2) is 21.5.